The zero-order chi connectivity index (χ0) is 29.3. The number of fused-ring (bicyclic) bond motifs is 1. The summed E-state index contributed by atoms with van der Waals surface area (Å²) in [4.78, 5) is 33.4. The molecule has 3 heterocycles. The number of anilines is 1. The molecule has 42 heavy (non-hydrogen) atoms. The number of aromatic nitrogens is 3. The number of carboxylic acid groups (broad SMARTS) is 1. The third-order valence-corrected chi connectivity index (χ3v) is 7.74. The number of hydrogen-bond donors (Lipinski definition) is 2. The van der Waals surface area contributed by atoms with Crippen LogP contribution in [0.5, 0.6) is 0 Å². The fourth-order valence-corrected chi connectivity index (χ4v) is 5.48. The summed E-state index contributed by atoms with van der Waals surface area (Å²) in [5.74, 6) is -0.0516. The van der Waals surface area contributed by atoms with Crippen LogP contribution >= 0.6 is 0 Å². The van der Waals surface area contributed by atoms with Gasteiger partial charge in [0.15, 0.2) is 11.9 Å². The summed E-state index contributed by atoms with van der Waals surface area (Å²) >= 11 is 0. The van der Waals surface area contributed by atoms with Crippen LogP contribution in [-0.2, 0) is 26.9 Å². The molecule has 4 aromatic rings. The van der Waals surface area contributed by atoms with Crippen molar-refractivity contribution in [3.8, 4) is 11.1 Å². The van der Waals surface area contributed by atoms with Crippen LogP contribution in [0.3, 0.4) is 0 Å². The van der Waals surface area contributed by atoms with Crippen molar-refractivity contribution in [2.24, 2.45) is 7.05 Å². The van der Waals surface area contributed by atoms with E-state index in [0.29, 0.717) is 28.8 Å². The Hall–Kier alpha value is -4.12. The average molecular weight is 571 g/mol. The van der Waals surface area contributed by atoms with Crippen LogP contribution in [0.1, 0.15) is 48.9 Å². The molecule has 1 aliphatic heterocycles. The van der Waals surface area contributed by atoms with E-state index in [4.69, 9.17) is 19.2 Å². The van der Waals surface area contributed by atoms with Gasteiger partial charge in [-0.3, -0.25) is 10.1 Å². The monoisotopic (exact) mass is 570 g/mol. The van der Waals surface area contributed by atoms with Crippen LogP contribution in [0.15, 0.2) is 65.6 Å². The summed E-state index contributed by atoms with van der Waals surface area (Å²) in [6.07, 6.45) is 4.75. The highest BCUT2D eigenvalue weighted by Gasteiger charge is 2.45. The van der Waals surface area contributed by atoms with E-state index in [1.165, 1.54) is 0 Å². The number of carbonyl (C=O) groups is 1. The number of hydrogen-bond acceptors (Lipinski definition) is 7. The second kappa shape index (κ2) is 11.6. The first-order chi connectivity index (χ1) is 20.3. The van der Waals surface area contributed by atoms with Gasteiger partial charge in [0.25, 0.3) is 5.56 Å². The largest absolute Gasteiger partial charge is 0.465 e. The summed E-state index contributed by atoms with van der Waals surface area (Å²) in [5, 5.41) is 12.6. The first kappa shape index (κ1) is 28.0. The lowest BCUT2D eigenvalue weighted by Gasteiger charge is -2.36. The zero-order valence-corrected chi connectivity index (χ0v) is 23.7. The highest BCUT2D eigenvalue weighted by molar-refractivity contribution is 5.90. The van der Waals surface area contributed by atoms with Crippen molar-refractivity contribution in [1.29, 1.82) is 0 Å². The molecule has 0 bridgehead atoms. The SMILES string of the molecule is Cc1cc(-c2ccc3nc(NC(=O)O)nc(C(COC4CCCCO4)(OC4CC4)c4ccccc4)c3c2)cn(C)c1=O. The molecule has 2 aromatic carbocycles. The molecule has 1 aliphatic carbocycles. The molecule has 2 N–H and O–H groups in total. The van der Waals surface area contributed by atoms with Gasteiger partial charge in [-0.15, -0.1) is 0 Å². The maximum Gasteiger partial charge on any atom is 0.411 e. The van der Waals surface area contributed by atoms with Crippen molar-refractivity contribution < 1.29 is 24.1 Å². The minimum absolute atomic E-state index is 0.00328. The van der Waals surface area contributed by atoms with E-state index in [-0.39, 0.29) is 30.5 Å². The van der Waals surface area contributed by atoms with E-state index in [1.807, 2.05) is 54.6 Å². The van der Waals surface area contributed by atoms with E-state index >= 15 is 0 Å². The van der Waals surface area contributed by atoms with Gasteiger partial charge in [-0.05, 0) is 73.9 Å². The minimum Gasteiger partial charge on any atom is -0.465 e. The molecule has 2 aromatic heterocycles. The van der Waals surface area contributed by atoms with Gasteiger partial charge in [-0.1, -0.05) is 36.4 Å². The third-order valence-electron chi connectivity index (χ3n) is 7.74. The predicted octanol–water partition coefficient (Wildman–Crippen LogP) is 5.36. The van der Waals surface area contributed by atoms with Gasteiger partial charge >= 0.3 is 6.09 Å². The third kappa shape index (κ3) is 5.78. The Balaban J connectivity index is 1.58. The first-order valence-electron chi connectivity index (χ1n) is 14.3. The number of nitrogens with zero attached hydrogens (tertiary/aromatic N) is 3. The highest BCUT2D eigenvalue weighted by Crippen LogP contribution is 2.43. The molecule has 10 heteroatoms. The smallest absolute Gasteiger partial charge is 0.411 e. The van der Waals surface area contributed by atoms with Crippen molar-refractivity contribution in [3.05, 3.63) is 88.0 Å². The molecule has 1 amide bonds. The summed E-state index contributed by atoms with van der Waals surface area (Å²) < 4.78 is 20.8. The fraction of sp³-hybridized carbons (Fsp3) is 0.375. The number of benzene rings is 2. The maximum absolute atomic E-state index is 12.4. The second-order valence-corrected chi connectivity index (χ2v) is 11.0. The standard InChI is InChI=1S/C32H34N4O6/c1-20-16-22(18-36(2)29(20)37)21-11-14-26-25(17-21)28(34-30(33-26)35-31(38)39)32(42-24-12-13-24,23-8-4-3-5-9-23)19-41-27-10-6-7-15-40-27/h3-5,8-9,11,14,16-18,24,27H,6-7,10,12-13,15,19H2,1-2H3,(H,38,39)(H,33,34,35). The fourth-order valence-electron chi connectivity index (χ4n) is 5.48. The summed E-state index contributed by atoms with van der Waals surface area (Å²) in [7, 11) is 1.73. The number of aryl methyl sites for hydroxylation is 2. The quantitative estimate of drug-likeness (QED) is 0.276. The Bertz CT molecular complexity index is 1640. The summed E-state index contributed by atoms with van der Waals surface area (Å²) in [6.45, 7) is 2.54. The number of rotatable bonds is 9. The van der Waals surface area contributed by atoms with Crippen molar-refractivity contribution in [1.82, 2.24) is 14.5 Å². The Morgan fingerprint density at radius 1 is 1.10 bits per heavy atom. The van der Waals surface area contributed by atoms with Crippen LogP contribution in [-0.4, -0.2) is 51.3 Å². The average Bonchev–Trinajstić information content (AvgIpc) is 3.82. The minimum atomic E-state index is -1.27. The maximum atomic E-state index is 12.4. The Morgan fingerprint density at radius 3 is 2.60 bits per heavy atom. The van der Waals surface area contributed by atoms with E-state index in [2.05, 4.69) is 10.3 Å². The molecule has 1 saturated heterocycles. The topological polar surface area (TPSA) is 125 Å². The van der Waals surface area contributed by atoms with Crippen LogP contribution in [0, 0.1) is 6.92 Å². The van der Waals surface area contributed by atoms with Crippen LogP contribution in [0.25, 0.3) is 22.0 Å². The molecule has 2 unspecified atom stereocenters. The zero-order valence-electron chi connectivity index (χ0n) is 23.7. The number of amides is 1. The molecule has 218 valence electrons. The van der Waals surface area contributed by atoms with Crippen LogP contribution in [0.4, 0.5) is 10.7 Å². The summed E-state index contributed by atoms with van der Waals surface area (Å²) in [6, 6.07) is 17.3. The van der Waals surface area contributed by atoms with E-state index < -0.39 is 11.7 Å². The molecule has 2 atom stereocenters. The second-order valence-electron chi connectivity index (χ2n) is 11.0. The number of pyridine rings is 1. The molecule has 2 aliphatic rings. The Morgan fingerprint density at radius 2 is 1.90 bits per heavy atom. The summed E-state index contributed by atoms with van der Waals surface area (Å²) in [5.41, 5.74) is 2.97. The van der Waals surface area contributed by atoms with Crippen molar-refractivity contribution in [3.63, 3.8) is 0 Å². The van der Waals surface area contributed by atoms with Gasteiger partial charge in [0, 0.05) is 30.8 Å². The molecule has 2 fully saturated rings. The van der Waals surface area contributed by atoms with Crippen molar-refractivity contribution in [2.45, 2.75) is 57.0 Å². The van der Waals surface area contributed by atoms with E-state index in [0.717, 1.165) is 48.8 Å². The van der Waals surface area contributed by atoms with Crippen molar-refractivity contribution >= 4 is 22.9 Å². The van der Waals surface area contributed by atoms with E-state index in [9.17, 15) is 14.7 Å². The molecular weight excluding hydrogens is 536 g/mol. The molecule has 0 spiro atoms. The molecule has 0 radical (unpaired) electrons. The molecule has 1 saturated carbocycles. The normalized spacial score (nSPS) is 18.5. The number of nitrogens with one attached hydrogen (secondary N) is 1. The first-order valence-corrected chi connectivity index (χ1v) is 14.3. The predicted molar refractivity (Wildman–Crippen MR) is 157 cm³/mol. The van der Waals surface area contributed by atoms with Gasteiger partial charge in [-0.2, -0.15) is 0 Å². The number of ether oxygens (including phenoxy) is 3. The lowest BCUT2D eigenvalue weighted by Crippen LogP contribution is -2.41. The Labute approximate surface area is 243 Å². The van der Waals surface area contributed by atoms with Gasteiger partial charge in [0.05, 0.1) is 23.9 Å². The lowest BCUT2D eigenvalue weighted by molar-refractivity contribution is -0.197. The van der Waals surface area contributed by atoms with Gasteiger partial charge in [0.2, 0.25) is 5.95 Å². The highest BCUT2D eigenvalue weighted by atomic mass is 16.7. The van der Waals surface area contributed by atoms with E-state index in [1.54, 1.807) is 24.7 Å². The van der Waals surface area contributed by atoms with Crippen molar-refractivity contribution in [2.75, 3.05) is 18.5 Å². The van der Waals surface area contributed by atoms with Gasteiger partial charge in [0.1, 0.15) is 0 Å². The van der Waals surface area contributed by atoms with Crippen LogP contribution in [0.2, 0.25) is 0 Å². The molecule has 6 rings (SSSR count). The van der Waals surface area contributed by atoms with Gasteiger partial charge < -0.3 is 23.9 Å². The molecule has 10 nitrogen and oxygen atoms in total. The van der Waals surface area contributed by atoms with Crippen LogP contribution < -0.4 is 10.9 Å². The van der Waals surface area contributed by atoms with Gasteiger partial charge in [-0.25, -0.2) is 14.8 Å². The molecular formula is C32H34N4O6. The Kier molecular flexibility index (Phi) is 7.76. The lowest BCUT2D eigenvalue weighted by atomic mass is 9.87.